The van der Waals surface area contributed by atoms with Crippen molar-refractivity contribution in [2.45, 2.75) is 39.0 Å². The van der Waals surface area contributed by atoms with Gasteiger partial charge in [0.25, 0.3) is 5.91 Å². The van der Waals surface area contributed by atoms with Crippen molar-refractivity contribution in [3.63, 3.8) is 0 Å². The zero-order valence-electron chi connectivity index (χ0n) is 12.7. The van der Waals surface area contributed by atoms with Gasteiger partial charge in [-0.25, -0.2) is 0 Å². The Balaban J connectivity index is 1.50. The minimum Gasteiger partial charge on any atom is -0.351 e. The van der Waals surface area contributed by atoms with Crippen LogP contribution in [0.3, 0.4) is 0 Å². The van der Waals surface area contributed by atoms with Gasteiger partial charge in [0.05, 0.1) is 0 Å². The van der Waals surface area contributed by atoms with Gasteiger partial charge < -0.3 is 10.3 Å². The summed E-state index contributed by atoms with van der Waals surface area (Å²) < 4.78 is 0. The first-order chi connectivity index (χ1) is 10.2. The number of hydrogen-bond acceptors (Lipinski definition) is 1. The molecule has 1 saturated carbocycles. The molecule has 112 valence electrons. The van der Waals surface area contributed by atoms with Crippen LogP contribution in [0.25, 0.3) is 10.9 Å². The van der Waals surface area contributed by atoms with E-state index in [-0.39, 0.29) is 5.91 Å². The zero-order valence-corrected chi connectivity index (χ0v) is 12.7. The summed E-state index contributed by atoms with van der Waals surface area (Å²) in [5.41, 5.74) is 1.68. The molecule has 3 heteroatoms. The van der Waals surface area contributed by atoms with Crippen LogP contribution in [0.15, 0.2) is 30.3 Å². The molecule has 0 spiro atoms. The molecule has 1 aromatic carbocycles. The minimum absolute atomic E-state index is 0.00961. The molecule has 3 nitrogen and oxygen atoms in total. The lowest BCUT2D eigenvalue weighted by atomic mass is 9.81. The van der Waals surface area contributed by atoms with Crippen LogP contribution in [0.4, 0.5) is 0 Å². The average Bonchev–Trinajstić information content (AvgIpc) is 2.93. The van der Waals surface area contributed by atoms with Gasteiger partial charge in [0.2, 0.25) is 0 Å². The largest absolute Gasteiger partial charge is 0.351 e. The third-order valence-corrected chi connectivity index (χ3v) is 4.75. The fourth-order valence-corrected chi connectivity index (χ4v) is 3.30. The Hall–Kier alpha value is -1.77. The first kappa shape index (κ1) is 14.2. The molecule has 1 amide bonds. The fraction of sp³-hybridized carbons (Fsp3) is 0.500. The van der Waals surface area contributed by atoms with Crippen LogP contribution in [0.5, 0.6) is 0 Å². The molecule has 1 aliphatic rings. The van der Waals surface area contributed by atoms with Crippen molar-refractivity contribution in [2.24, 2.45) is 11.8 Å². The Bertz CT molecular complexity index is 575. The third-order valence-electron chi connectivity index (χ3n) is 4.75. The van der Waals surface area contributed by atoms with Crippen LogP contribution in [0, 0.1) is 11.8 Å². The van der Waals surface area contributed by atoms with Crippen molar-refractivity contribution in [1.29, 1.82) is 0 Å². The standard InChI is InChI=1S/C18H24N2O/c1-13-6-8-14(9-7-13)10-11-19-18(21)17-12-15-4-2-3-5-16(15)20-17/h2-5,12-14,20H,6-11H2,1H3,(H,19,21). The molecular formula is C18H24N2O. The molecule has 0 saturated heterocycles. The summed E-state index contributed by atoms with van der Waals surface area (Å²) in [5, 5.41) is 4.14. The summed E-state index contributed by atoms with van der Waals surface area (Å²) in [5.74, 6) is 1.70. The van der Waals surface area contributed by atoms with Gasteiger partial charge in [-0.3, -0.25) is 4.79 Å². The molecule has 2 N–H and O–H groups in total. The van der Waals surface area contributed by atoms with Gasteiger partial charge >= 0.3 is 0 Å². The van der Waals surface area contributed by atoms with E-state index in [0.717, 1.165) is 35.7 Å². The summed E-state index contributed by atoms with van der Waals surface area (Å²) in [6.45, 7) is 3.13. The summed E-state index contributed by atoms with van der Waals surface area (Å²) in [7, 11) is 0. The maximum Gasteiger partial charge on any atom is 0.267 e. The molecule has 2 aromatic rings. The van der Waals surface area contributed by atoms with Crippen LogP contribution < -0.4 is 5.32 Å². The third kappa shape index (κ3) is 3.46. The van der Waals surface area contributed by atoms with Crippen molar-refractivity contribution in [1.82, 2.24) is 10.3 Å². The minimum atomic E-state index is 0.00961. The molecule has 0 unspecified atom stereocenters. The number of hydrogen-bond donors (Lipinski definition) is 2. The lowest BCUT2D eigenvalue weighted by molar-refractivity contribution is 0.0945. The quantitative estimate of drug-likeness (QED) is 0.871. The molecule has 0 aliphatic heterocycles. The number of fused-ring (bicyclic) bond motifs is 1. The average molecular weight is 284 g/mol. The highest BCUT2D eigenvalue weighted by molar-refractivity contribution is 5.97. The number of carbonyl (C=O) groups excluding carboxylic acids is 1. The molecule has 1 heterocycles. The van der Waals surface area contributed by atoms with E-state index in [0.29, 0.717) is 5.69 Å². The number of rotatable bonds is 4. The predicted molar refractivity (Wildman–Crippen MR) is 86.4 cm³/mol. The summed E-state index contributed by atoms with van der Waals surface area (Å²) in [6, 6.07) is 9.90. The zero-order chi connectivity index (χ0) is 14.7. The van der Waals surface area contributed by atoms with Crippen molar-refractivity contribution >= 4 is 16.8 Å². The van der Waals surface area contributed by atoms with E-state index in [1.807, 2.05) is 30.3 Å². The van der Waals surface area contributed by atoms with Gasteiger partial charge in [-0.15, -0.1) is 0 Å². The van der Waals surface area contributed by atoms with Gasteiger partial charge in [-0.05, 0) is 30.4 Å². The number of para-hydroxylation sites is 1. The van der Waals surface area contributed by atoms with E-state index in [4.69, 9.17) is 0 Å². The highest BCUT2D eigenvalue weighted by atomic mass is 16.1. The Morgan fingerprint density at radius 3 is 2.76 bits per heavy atom. The fourth-order valence-electron chi connectivity index (χ4n) is 3.30. The predicted octanol–water partition coefficient (Wildman–Crippen LogP) is 4.11. The smallest absolute Gasteiger partial charge is 0.267 e. The lowest BCUT2D eigenvalue weighted by Crippen LogP contribution is -2.27. The first-order valence-corrected chi connectivity index (χ1v) is 8.08. The van der Waals surface area contributed by atoms with Gasteiger partial charge in [-0.1, -0.05) is 50.8 Å². The maximum atomic E-state index is 12.2. The van der Waals surface area contributed by atoms with Crippen LogP contribution in [0.2, 0.25) is 0 Å². The maximum absolute atomic E-state index is 12.2. The number of aromatic nitrogens is 1. The van der Waals surface area contributed by atoms with Crippen LogP contribution in [-0.2, 0) is 0 Å². The summed E-state index contributed by atoms with van der Waals surface area (Å²) >= 11 is 0. The second kappa shape index (κ2) is 6.33. The van der Waals surface area contributed by atoms with E-state index in [2.05, 4.69) is 17.2 Å². The Morgan fingerprint density at radius 1 is 1.24 bits per heavy atom. The molecule has 0 atom stereocenters. The Kier molecular flexibility index (Phi) is 4.28. The SMILES string of the molecule is CC1CCC(CCNC(=O)c2cc3ccccc3[nH]2)CC1. The molecule has 3 rings (SSSR count). The highest BCUT2D eigenvalue weighted by Crippen LogP contribution is 2.29. The topological polar surface area (TPSA) is 44.9 Å². The van der Waals surface area contributed by atoms with E-state index in [1.54, 1.807) is 0 Å². The normalized spacial score (nSPS) is 22.3. The van der Waals surface area contributed by atoms with E-state index < -0.39 is 0 Å². The number of amides is 1. The lowest BCUT2D eigenvalue weighted by Gasteiger charge is -2.26. The van der Waals surface area contributed by atoms with E-state index in [1.165, 1.54) is 25.7 Å². The van der Waals surface area contributed by atoms with Crippen LogP contribution in [0.1, 0.15) is 49.5 Å². The molecule has 1 fully saturated rings. The van der Waals surface area contributed by atoms with E-state index in [9.17, 15) is 4.79 Å². The van der Waals surface area contributed by atoms with Crippen LogP contribution in [-0.4, -0.2) is 17.4 Å². The van der Waals surface area contributed by atoms with Gasteiger partial charge in [0.15, 0.2) is 0 Å². The van der Waals surface area contributed by atoms with Crippen molar-refractivity contribution in [2.75, 3.05) is 6.54 Å². The second-order valence-electron chi connectivity index (χ2n) is 6.44. The van der Waals surface area contributed by atoms with E-state index >= 15 is 0 Å². The molecule has 0 bridgehead atoms. The molecule has 0 radical (unpaired) electrons. The highest BCUT2D eigenvalue weighted by Gasteiger charge is 2.18. The number of H-pyrrole nitrogens is 1. The Morgan fingerprint density at radius 2 is 2.00 bits per heavy atom. The first-order valence-electron chi connectivity index (χ1n) is 8.08. The van der Waals surface area contributed by atoms with Crippen molar-refractivity contribution < 1.29 is 4.79 Å². The molecule has 1 aliphatic carbocycles. The van der Waals surface area contributed by atoms with Crippen LogP contribution >= 0.6 is 0 Å². The van der Waals surface area contributed by atoms with Gasteiger partial charge in [-0.2, -0.15) is 0 Å². The molecule has 1 aromatic heterocycles. The number of benzene rings is 1. The second-order valence-corrected chi connectivity index (χ2v) is 6.44. The number of aromatic amines is 1. The van der Waals surface area contributed by atoms with Crippen molar-refractivity contribution in [3.05, 3.63) is 36.0 Å². The summed E-state index contributed by atoms with van der Waals surface area (Å²) in [6.07, 6.45) is 6.45. The Labute approximate surface area is 126 Å². The molecule has 21 heavy (non-hydrogen) atoms. The monoisotopic (exact) mass is 284 g/mol. The van der Waals surface area contributed by atoms with Crippen molar-refractivity contribution in [3.8, 4) is 0 Å². The molecular weight excluding hydrogens is 260 g/mol. The van der Waals surface area contributed by atoms with Gasteiger partial charge in [0.1, 0.15) is 5.69 Å². The van der Waals surface area contributed by atoms with Gasteiger partial charge in [0, 0.05) is 17.4 Å². The number of nitrogens with one attached hydrogen (secondary N) is 2. The summed E-state index contributed by atoms with van der Waals surface area (Å²) in [4.78, 5) is 15.3. The number of carbonyl (C=O) groups is 1.